The van der Waals surface area contributed by atoms with Crippen LogP contribution in [0.25, 0.3) is 0 Å². The third kappa shape index (κ3) is 1.69. The number of anilines is 1. The van der Waals surface area contributed by atoms with Crippen LogP contribution in [0.2, 0.25) is 0 Å². The first-order valence-corrected chi connectivity index (χ1v) is 7.75. The number of hydrogen-bond donors (Lipinski definition) is 1. The van der Waals surface area contributed by atoms with Crippen molar-refractivity contribution in [2.75, 3.05) is 5.32 Å². The normalized spacial score (nSPS) is 26.4. The Morgan fingerprint density at radius 3 is 3.05 bits per heavy atom. The van der Waals surface area contributed by atoms with E-state index in [1.54, 1.807) is 0 Å². The highest BCUT2D eigenvalue weighted by Crippen LogP contribution is 2.50. The van der Waals surface area contributed by atoms with Crippen molar-refractivity contribution < 1.29 is 0 Å². The van der Waals surface area contributed by atoms with Gasteiger partial charge in [0.25, 0.3) is 0 Å². The van der Waals surface area contributed by atoms with E-state index in [0.29, 0.717) is 17.9 Å². The van der Waals surface area contributed by atoms with Crippen LogP contribution in [0.5, 0.6) is 0 Å². The van der Waals surface area contributed by atoms with Crippen LogP contribution in [0.1, 0.15) is 34.4 Å². The van der Waals surface area contributed by atoms with Crippen molar-refractivity contribution in [3.63, 3.8) is 0 Å². The number of fused-ring (bicyclic) bond motifs is 3. The van der Waals surface area contributed by atoms with Gasteiger partial charge in [-0.05, 0) is 47.5 Å². The number of allylic oxidation sites excluding steroid dienone is 2. The Bertz CT molecular complexity index is 709. The molecule has 0 fully saturated rings. The molecule has 1 aromatic carbocycles. The van der Waals surface area contributed by atoms with E-state index in [4.69, 9.17) is 5.26 Å². The average Bonchev–Trinajstić information content (AvgIpc) is 3.17. The summed E-state index contributed by atoms with van der Waals surface area (Å²) in [7, 11) is 0. The van der Waals surface area contributed by atoms with Gasteiger partial charge in [-0.1, -0.05) is 18.2 Å². The second-order valence-corrected chi connectivity index (χ2v) is 6.38. The number of hydrogen-bond acceptors (Lipinski definition) is 3. The Morgan fingerprint density at radius 2 is 2.25 bits per heavy atom. The molecule has 0 amide bonds. The number of nitriles is 1. The second kappa shape index (κ2) is 4.50. The van der Waals surface area contributed by atoms with Crippen LogP contribution >= 0.6 is 11.3 Å². The van der Waals surface area contributed by atoms with Crippen LogP contribution < -0.4 is 5.32 Å². The van der Waals surface area contributed by atoms with E-state index in [0.717, 1.165) is 12.0 Å². The van der Waals surface area contributed by atoms with Crippen molar-refractivity contribution in [2.24, 2.45) is 5.92 Å². The third-order valence-electron chi connectivity index (χ3n) is 4.34. The standard InChI is InChI=1S/C17H14N2S/c18-10-11-6-7-15-14(9-11)12-3-1-4-13(12)17(19-15)16-5-2-8-20-16/h1-3,5-9,12-13,17,19H,4H2. The number of rotatable bonds is 1. The van der Waals surface area contributed by atoms with Crippen LogP contribution in [-0.2, 0) is 0 Å². The minimum Gasteiger partial charge on any atom is -0.377 e. The van der Waals surface area contributed by atoms with E-state index >= 15 is 0 Å². The molecule has 3 heteroatoms. The summed E-state index contributed by atoms with van der Waals surface area (Å²) >= 11 is 1.82. The monoisotopic (exact) mass is 278 g/mol. The van der Waals surface area contributed by atoms with Crippen LogP contribution in [0.4, 0.5) is 5.69 Å². The van der Waals surface area contributed by atoms with E-state index in [9.17, 15) is 0 Å². The maximum atomic E-state index is 9.10. The molecular weight excluding hydrogens is 264 g/mol. The predicted molar refractivity (Wildman–Crippen MR) is 81.8 cm³/mol. The lowest BCUT2D eigenvalue weighted by Crippen LogP contribution is -2.28. The summed E-state index contributed by atoms with van der Waals surface area (Å²) in [5, 5.41) is 14.9. The van der Waals surface area contributed by atoms with Crippen molar-refractivity contribution in [2.45, 2.75) is 18.4 Å². The Balaban J connectivity index is 1.81. The van der Waals surface area contributed by atoms with Gasteiger partial charge < -0.3 is 5.32 Å². The van der Waals surface area contributed by atoms with Crippen molar-refractivity contribution >= 4 is 17.0 Å². The Kier molecular flexibility index (Phi) is 2.64. The first-order valence-electron chi connectivity index (χ1n) is 6.87. The van der Waals surface area contributed by atoms with Gasteiger partial charge in [-0.25, -0.2) is 0 Å². The fourth-order valence-electron chi connectivity index (χ4n) is 3.41. The van der Waals surface area contributed by atoms with Gasteiger partial charge in [0.2, 0.25) is 0 Å². The number of nitrogens with one attached hydrogen (secondary N) is 1. The molecule has 1 aliphatic carbocycles. The number of nitrogens with zero attached hydrogens (tertiary/aromatic N) is 1. The van der Waals surface area contributed by atoms with E-state index in [2.05, 4.69) is 47.1 Å². The highest BCUT2D eigenvalue weighted by molar-refractivity contribution is 7.10. The smallest absolute Gasteiger partial charge is 0.0991 e. The van der Waals surface area contributed by atoms with Crippen LogP contribution in [0.15, 0.2) is 47.9 Å². The molecule has 0 bridgehead atoms. The van der Waals surface area contributed by atoms with Gasteiger partial charge in [0, 0.05) is 16.5 Å². The molecule has 3 atom stereocenters. The van der Waals surface area contributed by atoms with E-state index < -0.39 is 0 Å². The number of benzene rings is 1. The molecule has 2 aromatic rings. The van der Waals surface area contributed by atoms with Gasteiger partial charge in [-0.15, -0.1) is 11.3 Å². The van der Waals surface area contributed by atoms with Gasteiger partial charge in [-0.3, -0.25) is 0 Å². The summed E-state index contributed by atoms with van der Waals surface area (Å²) in [5.74, 6) is 1.00. The molecule has 2 heterocycles. The van der Waals surface area contributed by atoms with E-state index in [-0.39, 0.29) is 0 Å². The molecule has 4 rings (SSSR count). The van der Waals surface area contributed by atoms with Crippen molar-refractivity contribution in [1.82, 2.24) is 0 Å². The Morgan fingerprint density at radius 1 is 1.30 bits per heavy atom. The van der Waals surface area contributed by atoms with Crippen molar-refractivity contribution in [3.8, 4) is 6.07 Å². The molecular formula is C17H14N2S. The topological polar surface area (TPSA) is 35.8 Å². The molecule has 2 aliphatic rings. The van der Waals surface area contributed by atoms with Crippen LogP contribution in [0.3, 0.4) is 0 Å². The average molecular weight is 278 g/mol. The molecule has 20 heavy (non-hydrogen) atoms. The lowest BCUT2D eigenvalue weighted by molar-refractivity contribution is 0.430. The molecule has 1 N–H and O–H groups in total. The largest absolute Gasteiger partial charge is 0.377 e. The first-order chi connectivity index (χ1) is 9.86. The zero-order valence-corrected chi connectivity index (χ0v) is 11.7. The Hall–Kier alpha value is -2.05. The second-order valence-electron chi connectivity index (χ2n) is 5.40. The van der Waals surface area contributed by atoms with E-state index in [1.807, 2.05) is 23.5 Å². The molecule has 3 unspecified atom stereocenters. The zero-order valence-electron chi connectivity index (χ0n) is 10.9. The van der Waals surface area contributed by atoms with E-state index in [1.165, 1.54) is 16.1 Å². The van der Waals surface area contributed by atoms with Gasteiger partial charge >= 0.3 is 0 Å². The fraction of sp³-hybridized carbons (Fsp3) is 0.235. The maximum Gasteiger partial charge on any atom is 0.0991 e. The molecule has 1 aliphatic heterocycles. The first kappa shape index (κ1) is 11.7. The molecule has 1 aromatic heterocycles. The summed E-state index contributed by atoms with van der Waals surface area (Å²) in [5.41, 5.74) is 3.20. The summed E-state index contributed by atoms with van der Waals surface area (Å²) in [6, 6.07) is 13.0. The summed E-state index contributed by atoms with van der Waals surface area (Å²) in [6.07, 6.45) is 5.70. The van der Waals surface area contributed by atoms with Gasteiger partial charge in [0.15, 0.2) is 0 Å². The Labute approximate surface area is 122 Å². The quantitative estimate of drug-likeness (QED) is 0.782. The third-order valence-corrected chi connectivity index (χ3v) is 5.30. The summed E-state index contributed by atoms with van der Waals surface area (Å²) < 4.78 is 0. The maximum absolute atomic E-state index is 9.10. The van der Waals surface area contributed by atoms with Crippen molar-refractivity contribution in [1.29, 1.82) is 5.26 Å². The summed E-state index contributed by atoms with van der Waals surface area (Å²) in [4.78, 5) is 1.40. The van der Waals surface area contributed by atoms with Crippen LogP contribution in [0, 0.1) is 17.2 Å². The molecule has 0 radical (unpaired) electrons. The van der Waals surface area contributed by atoms with Crippen LogP contribution in [-0.4, -0.2) is 0 Å². The van der Waals surface area contributed by atoms with Crippen molar-refractivity contribution in [3.05, 3.63) is 63.9 Å². The number of thiophene rings is 1. The molecule has 98 valence electrons. The molecule has 0 saturated heterocycles. The highest BCUT2D eigenvalue weighted by atomic mass is 32.1. The molecule has 0 saturated carbocycles. The zero-order chi connectivity index (χ0) is 13.5. The molecule has 0 spiro atoms. The van der Waals surface area contributed by atoms with Gasteiger partial charge in [-0.2, -0.15) is 5.26 Å². The van der Waals surface area contributed by atoms with Gasteiger partial charge in [0.1, 0.15) is 0 Å². The lowest BCUT2D eigenvalue weighted by Gasteiger charge is -2.36. The highest BCUT2D eigenvalue weighted by Gasteiger charge is 2.38. The minimum absolute atomic E-state index is 0.385. The molecule has 2 nitrogen and oxygen atoms in total. The summed E-state index contributed by atoms with van der Waals surface area (Å²) in [6.45, 7) is 0. The predicted octanol–water partition coefficient (Wildman–Crippen LogP) is 4.45. The minimum atomic E-state index is 0.385. The SMILES string of the molecule is N#Cc1ccc2c(c1)C1C=CCC1C(c1cccs1)N2. The van der Waals surface area contributed by atoms with Gasteiger partial charge in [0.05, 0.1) is 17.7 Å². The fourth-order valence-corrected chi connectivity index (χ4v) is 4.27. The lowest BCUT2D eigenvalue weighted by atomic mass is 9.78.